The Morgan fingerprint density at radius 2 is 1.59 bits per heavy atom. The SMILES string of the molecule is O=COC1(c2ccc(-c3ccc(-c4sc5nc(Cl)ccc5c4NC(=O)OCc4ccccc4)cc3)cc2)CC1. The minimum atomic E-state index is -0.543. The van der Waals surface area contributed by atoms with Crippen molar-refractivity contribution in [2.24, 2.45) is 0 Å². The number of nitrogens with one attached hydrogen (secondary N) is 1. The number of anilines is 1. The molecule has 0 spiro atoms. The van der Waals surface area contributed by atoms with Crippen LogP contribution in [0.1, 0.15) is 24.0 Å². The first-order valence-corrected chi connectivity index (χ1v) is 13.6. The summed E-state index contributed by atoms with van der Waals surface area (Å²) in [5.74, 6) is 0. The van der Waals surface area contributed by atoms with E-state index in [4.69, 9.17) is 21.1 Å². The summed E-state index contributed by atoms with van der Waals surface area (Å²) in [6.07, 6.45) is 1.16. The molecular weight excluding hydrogens is 532 g/mol. The molecule has 0 saturated heterocycles. The third-order valence-electron chi connectivity index (χ3n) is 6.83. The third kappa shape index (κ3) is 5.24. The van der Waals surface area contributed by atoms with Crippen molar-refractivity contribution in [1.82, 2.24) is 4.98 Å². The molecule has 1 saturated carbocycles. The monoisotopic (exact) mass is 554 g/mol. The molecule has 6 nitrogen and oxygen atoms in total. The average molecular weight is 555 g/mol. The smallest absolute Gasteiger partial charge is 0.412 e. The number of rotatable bonds is 8. The summed E-state index contributed by atoms with van der Waals surface area (Å²) in [4.78, 5) is 29.7. The van der Waals surface area contributed by atoms with Crippen LogP contribution in [0.3, 0.4) is 0 Å². The van der Waals surface area contributed by atoms with Crippen molar-refractivity contribution in [3.05, 3.63) is 107 Å². The second-order valence-corrected chi connectivity index (χ2v) is 10.7. The maximum atomic E-state index is 12.8. The minimum absolute atomic E-state index is 0.171. The topological polar surface area (TPSA) is 77.5 Å². The van der Waals surface area contributed by atoms with Crippen LogP contribution in [-0.2, 0) is 26.5 Å². The average Bonchev–Trinajstić information content (AvgIpc) is 3.67. The molecule has 1 amide bonds. The summed E-state index contributed by atoms with van der Waals surface area (Å²) >= 11 is 7.61. The highest BCUT2D eigenvalue weighted by atomic mass is 35.5. The number of nitrogens with zero attached hydrogens (tertiary/aromatic N) is 1. The van der Waals surface area contributed by atoms with Crippen LogP contribution in [0.2, 0.25) is 5.15 Å². The van der Waals surface area contributed by atoms with Gasteiger partial charge in [-0.15, -0.1) is 11.3 Å². The minimum Gasteiger partial charge on any atom is -0.456 e. The zero-order chi connectivity index (χ0) is 26.8. The van der Waals surface area contributed by atoms with Crippen LogP contribution in [0.15, 0.2) is 91.0 Å². The zero-order valence-electron chi connectivity index (χ0n) is 20.7. The molecule has 1 N–H and O–H groups in total. The molecule has 1 aliphatic carbocycles. The summed E-state index contributed by atoms with van der Waals surface area (Å²) in [5.41, 5.74) is 5.15. The summed E-state index contributed by atoms with van der Waals surface area (Å²) in [6.45, 7) is 0.702. The summed E-state index contributed by atoms with van der Waals surface area (Å²) in [7, 11) is 0. The van der Waals surface area contributed by atoms with E-state index < -0.39 is 11.7 Å². The predicted octanol–water partition coefficient (Wildman–Crippen LogP) is 8.19. The second-order valence-electron chi connectivity index (χ2n) is 9.34. The normalized spacial score (nSPS) is 13.6. The van der Waals surface area contributed by atoms with Gasteiger partial charge in [0.05, 0.1) is 10.6 Å². The van der Waals surface area contributed by atoms with Gasteiger partial charge in [0, 0.05) is 5.39 Å². The van der Waals surface area contributed by atoms with Gasteiger partial charge in [0.25, 0.3) is 6.47 Å². The van der Waals surface area contributed by atoms with E-state index in [0.29, 0.717) is 17.3 Å². The third-order valence-corrected chi connectivity index (χ3v) is 8.19. The van der Waals surface area contributed by atoms with Crippen molar-refractivity contribution < 1.29 is 19.1 Å². The Bertz CT molecular complexity index is 1650. The van der Waals surface area contributed by atoms with Crippen LogP contribution < -0.4 is 5.32 Å². The molecule has 0 bridgehead atoms. The fourth-order valence-electron chi connectivity index (χ4n) is 4.61. The predicted molar refractivity (Wildman–Crippen MR) is 154 cm³/mol. The quantitative estimate of drug-likeness (QED) is 0.154. The molecule has 194 valence electrons. The van der Waals surface area contributed by atoms with Gasteiger partial charge >= 0.3 is 6.09 Å². The molecule has 0 atom stereocenters. The standard InChI is InChI=1S/C31H23ClN2O4S/c32-26-15-14-25-27(34-30(36)37-18-20-4-2-1-3-5-20)28(39-29(25)33-26)23-8-6-21(7-9-23)22-10-12-24(13-11-22)31(16-17-31)38-19-35/h1-15,19H,16-18H2,(H,34,36). The zero-order valence-corrected chi connectivity index (χ0v) is 22.3. The van der Waals surface area contributed by atoms with Gasteiger partial charge in [-0.1, -0.05) is 90.5 Å². The number of pyridine rings is 1. The molecule has 1 fully saturated rings. The van der Waals surface area contributed by atoms with Gasteiger partial charge in [0.15, 0.2) is 0 Å². The summed E-state index contributed by atoms with van der Waals surface area (Å²) in [5, 5.41) is 4.12. The molecule has 8 heteroatoms. The number of carbonyl (C=O) groups is 2. The van der Waals surface area contributed by atoms with Gasteiger partial charge in [-0.05, 0) is 52.8 Å². The number of amides is 1. The van der Waals surface area contributed by atoms with E-state index in [1.165, 1.54) is 11.3 Å². The van der Waals surface area contributed by atoms with Crippen LogP contribution in [0, 0.1) is 0 Å². The fourth-order valence-corrected chi connectivity index (χ4v) is 5.94. The van der Waals surface area contributed by atoms with E-state index in [-0.39, 0.29) is 6.61 Å². The Balaban J connectivity index is 1.25. The number of benzene rings is 3. The van der Waals surface area contributed by atoms with Crippen LogP contribution >= 0.6 is 22.9 Å². The largest absolute Gasteiger partial charge is 0.456 e. The van der Waals surface area contributed by atoms with Crippen molar-refractivity contribution in [2.75, 3.05) is 5.32 Å². The molecule has 5 aromatic rings. The van der Waals surface area contributed by atoms with Crippen LogP contribution in [-0.4, -0.2) is 17.5 Å². The summed E-state index contributed by atoms with van der Waals surface area (Å²) in [6, 6.07) is 29.3. The van der Waals surface area contributed by atoms with Gasteiger partial charge in [0.1, 0.15) is 22.2 Å². The van der Waals surface area contributed by atoms with Gasteiger partial charge in [-0.2, -0.15) is 0 Å². The molecule has 2 aromatic heterocycles. The van der Waals surface area contributed by atoms with E-state index >= 15 is 0 Å². The van der Waals surface area contributed by atoms with Gasteiger partial charge in [-0.25, -0.2) is 9.78 Å². The molecule has 1 aliphatic rings. The first-order chi connectivity index (χ1) is 19.0. The first-order valence-electron chi connectivity index (χ1n) is 12.4. The highest BCUT2D eigenvalue weighted by Crippen LogP contribution is 2.49. The number of thiophene rings is 1. The lowest BCUT2D eigenvalue weighted by molar-refractivity contribution is -0.136. The number of fused-ring (bicyclic) bond motifs is 1. The molecule has 0 unspecified atom stereocenters. The number of aromatic nitrogens is 1. The van der Waals surface area contributed by atoms with Crippen LogP contribution in [0.5, 0.6) is 0 Å². The second kappa shape index (κ2) is 10.5. The van der Waals surface area contributed by atoms with E-state index in [1.54, 1.807) is 6.07 Å². The Kier molecular flexibility index (Phi) is 6.77. The lowest BCUT2D eigenvalue weighted by Gasteiger charge is -2.14. The van der Waals surface area contributed by atoms with E-state index in [0.717, 1.165) is 55.8 Å². The molecule has 6 rings (SSSR count). The summed E-state index contributed by atoms with van der Waals surface area (Å²) < 4.78 is 10.8. The lowest BCUT2D eigenvalue weighted by Crippen LogP contribution is -2.13. The number of hydrogen-bond acceptors (Lipinski definition) is 6. The highest BCUT2D eigenvalue weighted by Gasteiger charge is 2.46. The Morgan fingerprint density at radius 1 is 0.923 bits per heavy atom. The molecule has 3 aromatic carbocycles. The molecule has 0 aliphatic heterocycles. The fraction of sp³-hybridized carbons (Fsp3) is 0.129. The van der Waals surface area contributed by atoms with Crippen molar-refractivity contribution in [2.45, 2.75) is 25.0 Å². The molecule has 39 heavy (non-hydrogen) atoms. The van der Waals surface area contributed by atoms with E-state index in [1.807, 2.05) is 84.9 Å². The van der Waals surface area contributed by atoms with Crippen molar-refractivity contribution in [3.8, 4) is 21.6 Å². The van der Waals surface area contributed by atoms with Crippen molar-refractivity contribution in [1.29, 1.82) is 0 Å². The van der Waals surface area contributed by atoms with Crippen molar-refractivity contribution >= 4 is 51.4 Å². The van der Waals surface area contributed by atoms with Crippen molar-refractivity contribution in [3.63, 3.8) is 0 Å². The molecular formula is C31H23ClN2O4S. The first kappa shape index (κ1) is 25.1. The Morgan fingerprint density at radius 3 is 2.26 bits per heavy atom. The van der Waals surface area contributed by atoms with Gasteiger partial charge in [0.2, 0.25) is 0 Å². The number of hydrogen-bond donors (Lipinski definition) is 1. The number of halogens is 1. The molecule has 0 radical (unpaired) electrons. The maximum absolute atomic E-state index is 12.8. The lowest BCUT2D eigenvalue weighted by atomic mass is 9.99. The maximum Gasteiger partial charge on any atom is 0.412 e. The van der Waals surface area contributed by atoms with Crippen LogP contribution in [0.25, 0.3) is 31.8 Å². The van der Waals surface area contributed by atoms with E-state index in [2.05, 4.69) is 10.3 Å². The Labute approximate surface area is 234 Å². The Hall–Kier alpha value is -4.20. The van der Waals surface area contributed by atoms with Crippen LogP contribution in [0.4, 0.5) is 10.5 Å². The highest BCUT2D eigenvalue weighted by molar-refractivity contribution is 7.22. The van der Waals surface area contributed by atoms with Gasteiger partial charge < -0.3 is 9.47 Å². The van der Waals surface area contributed by atoms with Gasteiger partial charge in [-0.3, -0.25) is 10.1 Å². The number of ether oxygens (including phenoxy) is 2. The van der Waals surface area contributed by atoms with E-state index in [9.17, 15) is 9.59 Å². The molecule has 2 heterocycles. The number of carbonyl (C=O) groups excluding carboxylic acids is 2.